The highest BCUT2D eigenvalue weighted by molar-refractivity contribution is 5.99. The Morgan fingerprint density at radius 2 is 1.73 bits per heavy atom. The van der Waals surface area contributed by atoms with Crippen LogP contribution < -0.4 is 0 Å². The lowest BCUT2D eigenvalue weighted by Crippen LogP contribution is -2.46. The molecule has 0 aromatic heterocycles. The standard InChI is InChI=1S/C19H21NO2/c1-15(16-8-4-2-5-9-16)20-12-13-22-18(14-20)19(21)17-10-6-3-7-11-17/h2-11,15,18H,12-14H2,1H3/t15-,18+/m0/s1. The molecule has 0 spiro atoms. The first kappa shape index (κ1) is 14.9. The summed E-state index contributed by atoms with van der Waals surface area (Å²) in [6.45, 7) is 4.28. The number of morpholine rings is 1. The summed E-state index contributed by atoms with van der Waals surface area (Å²) in [5.74, 6) is 0.0746. The molecule has 0 amide bonds. The van der Waals surface area contributed by atoms with E-state index in [1.165, 1.54) is 5.56 Å². The van der Waals surface area contributed by atoms with Crippen molar-refractivity contribution in [2.45, 2.75) is 19.1 Å². The molecule has 2 aromatic carbocycles. The van der Waals surface area contributed by atoms with E-state index < -0.39 is 0 Å². The average Bonchev–Trinajstić information content (AvgIpc) is 2.62. The summed E-state index contributed by atoms with van der Waals surface area (Å²) in [7, 11) is 0. The number of carbonyl (C=O) groups excluding carboxylic acids is 1. The van der Waals surface area contributed by atoms with Crippen LogP contribution in [0.15, 0.2) is 60.7 Å². The van der Waals surface area contributed by atoms with Crippen LogP contribution in [0.3, 0.4) is 0 Å². The number of ketones is 1. The minimum Gasteiger partial charge on any atom is -0.367 e. The van der Waals surface area contributed by atoms with Crippen molar-refractivity contribution in [3.8, 4) is 0 Å². The summed E-state index contributed by atoms with van der Waals surface area (Å²) >= 11 is 0. The number of carbonyl (C=O) groups is 1. The maximum Gasteiger partial charge on any atom is 0.192 e. The van der Waals surface area contributed by atoms with Gasteiger partial charge in [-0.2, -0.15) is 0 Å². The van der Waals surface area contributed by atoms with Crippen molar-refractivity contribution in [3.63, 3.8) is 0 Å². The van der Waals surface area contributed by atoms with Gasteiger partial charge in [-0.25, -0.2) is 0 Å². The maximum atomic E-state index is 12.6. The monoisotopic (exact) mass is 295 g/mol. The maximum absolute atomic E-state index is 12.6. The van der Waals surface area contributed by atoms with Gasteiger partial charge in [-0.3, -0.25) is 9.69 Å². The third-order valence-electron chi connectivity index (χ3n) is 4.28. The van der Waals surface area contributed by atoms with Gasteiger partial charge >= 0.3 is 0 Å². The zero-order valence-corrected chi connectivity index (χ0v) is 12.8. The van der Waals surface area contributed by atoms with Crippen LogP contribution in [0.5, 0.6) is 0 Å². The largest absolute Gasteiger partial charge is 0.367 e. The molecule has 0 saturated carbocycles. The SMILES string of the molecule is C[C@@H](c1ccccc1)N1CCO[C@@H](C(=O)c2ccccc2)C1. The van der Waals surface area contributed by atoms with E-state index >= 15 is 0 Å². The van der Waals surface area contributed by atoms with E-state index in [9.17, 15) is 4.79 Å². The Kier molecular flexibility index (Phi) is 4.66. The third kappa shape index (κ3) is 3.26. The Labute approximate surface area is 131 Å². The number of hydrogen-bond donors (Lipinski definition) is 0. The molecule has 0 radical (unpaired) electrons. The highest BCUT2D eigenvalue weighted by Gasteiger charge is 2.29. The first-order valence-corrected chi connectivity index (χ1v) is 7.75. The molecule has 1 aliphatic heterocycles. The molecule has 2 atom stereocenters. The molecule has 3 heteroatoms. The van der Waals surface area contributed by atoms with Crippen molar-refractivity contribution in [2.75, 3.05) is 19.7 Å². The van der Waals surface area contributed by atoms with Gasteiger partial charge in [0.25, 0.3) is 0 Å². The van der Waals surface area contributed by atoms with E-state index in [0.717, 1.165) is 12.1 Å². The van der Waals surface area contributed by atoms with Gasteiger partial charge in [0.2, 0.25) is 0 Å². The summed E-state index contributed by atoms with van der Waals surface area (Å²) in [5.41, 5.74) is 2.00. The summed E-state index contributed by atoms with van der Waals surface area (Å²) in [6, 6.07) is 20.1. The molecular weight excluding hydrogens is 274 g/mol. The molecular formula is C19H21NO2. The van der Waals surface area contributed by atoms with Gasteiger partial charge in [0.05, 0.1) is 6.61 Å². The molecule has 0 unspecified atom stereocenters. The third-order valence-corrected chi connectivity index (χ3v) is 4.28. The van der Waals surface area contributed by atoms with Crippen LogP contribution in [-0.4, -0.2) is 36.5 Å². The molecule has 0 N–H and O–H groups in total. The fraction of sp³-hybridized carbons (Fsp3) is 0.316. The van der Waals surface area contributed by atoms with Gasteiger partial charge in [-0.15, -0.1) is 0 Å². The van der Waals surface area contributed by atoms with Crippen molar-refractivity contribution in [1.82, 2.24) is 4.90 Å². The first-order chi connectivity index (χ1) is 10.8. The topological polar surface area (TPSA) is 29.5 Å². The van der Waals surface area contributed by atoms with Gasteiger partial charge < -0.3 is 4.74 Å². The number of rotatable bonds is 4. The van der Waals surface area contributed by atoms with Gasteiger partial charge in [0.15, 0.2) is 5.78 Å². The normalized spacial score (nSPS) is 20.5. The molecule has 114 valence electrons. The smallest absolute Gasteiger partial charge is 0.192 e. The molecule has 1 heterocycles. The Bertz CT molecular complexity index is 612. The fourth-order valence-corrected chi connectivity index (χ4v) is 2.91. The Hall–Kier alpha value is -1.97. The van der Waals surface area contributed by atoms with E-state index in [0.29, 0.717) is 13.2 Å². The number of hydrogen-bond acceptors (Lipinski definition) is 3. The number of nitrogens with zero attached hydrogens (tertiary/aromatic N) is 1. The Morgan fingerprint density at radius 1 is 1.09 bits per heavy atom. The van der Waals surface area contributed by atoms with E-state index in [2.05, 4.69) is 36.1 Å². The molecule has 22 heavy (non-hydrogen) atoms. The second-order valence-electron chi connectivity index (χ2n) is 5.67. The van der Waals surface area contributed by atoms with E-state index in [1.54, 1.807) is 0 Å². The van der Waals surface area contributed by atoms with Gasteiger partial charge in [0, 0.05) is 24.7 Å². The summed E-state index contributed by atoms with van der Waals surface area (Å²) in [6.07, 6.45) is -0.373. The molecule has 0 aliphatic carbocycles. The molecule has 3 rings (SSSR count). The Morgan fingerprint density at radius 3 is 2.41 bits per heavy atom. The summed E-state index contributed by atoms with van der Waals surface area (Å²) < 4.78 is 5.72. The van der Waals surface area contributed by atoms with Gasteiger partial charge in [-0.1, -0.05) is 60.7 Å². The van der Waals surface area contributed by atoms with Crippen LogP contribution in [-0.2, 0) is 4.74 Å². The van der Waals surface area contributed by atoms with Crippen LogP contribution in [0, 0.1) is 0 Å². The lowest BCUT2D eigenvalue weighted by molar-refractivity contribution is -0.0283. The van der Waals surface area contributed by atoms with Gasteiger partial charge in [0.1, 0.15) is 6.10 Å². The highest BCUT2D eigenvalue weighted by Crippen LogP contribution is 2.23. The van der Waals surface area contributed by atoms with E-state index in [-0.39, 0.29) is 17.9 Å². The Balaban J connectivity index is 1.70. The van der Waals surface area contributed by atoms with Crippen LogP contribution in [0.2, 0.25) is 0 Å². The number of benzene rings is 2. The quantitative estimate of drug-likeness (QED) is 0.810. The zero-order valence-electron chi connectivity index (χ0n) is 12.8. The first-order valence-electron chi connectivity index (χ1n) is 7.75. The number of Topliss-reactive ketones (excluding diaryl/α,β-unsaturated/α-hetero) is 1. The summed E-state index contributed by atoms with van der Waals surface area (Å²) in [5, 5.41) is 0. The molecule has 1 saturated heterocycles. The lowest BCUT2D eigenvalue weighted by Gasteiger charge is -2.36. The molecule has 0 bridgehead atoms. The molecule has 1 fully saturated rings. The van der Waals surface area contributed by atoms with Crippen molar-refractivity contribution >= 4 is 5.78 Å². The van der Waals surface area contributed by atoms with E-state index in [1.807, 2.05) is 36.4 Å². The van der Waals surface area contributed by atoms with Crippen LogP contribution in [0.25, 0.3) is 0 Å². The summed E-state index contributed by atoms with van der Waals surface area (Å²) in [4.78, 5) is 14.9. The predicted molar refractivity (Wildman–Crippen MR) is 86.9 cm³/mol. The van der Waals surface area contributed by atoms with Crippen molar-refractivity contribution in [2.24, 2.45) is 0 Å². The minimum absolute atomic E-state index is 0.0746. The highest BCUT2D eigenvalue weighted by atomic mass is 16.5. The van der Waals surface area contributed by atoms with Gasteiger partial charge in [-0.05, 0) is 12.5 Å². The second kappa shape index (κ2) is 6.86. The fourth-order valence-electron chi connectivity index (χ4n) is 2.91. The molecule has 1 aliphatic rings. The van der Waals surface area contributed by atoms with Crippen molar-refractivity contribution in [1.29, 1.82) is 0 Å². The van der Waals surface area contributed by atoms with Crippen molar-refractivity contribution < 1.29 is 9.53 Å². The van der Waals surface area contributed by atoms with Crippen molar-refractivity contribution in [3.05, 3.63) is 71.8 Å². The van der Waals surface area contributed by atoms with E-state index in [4.69, 9.17) is 4.74 Å². The zero-order chi connectivity index (χ0) is 15.4. The molecule has 3 nitrogen and oxygen atoms in total. The lowest BCUT2D eigenvalue weighted by atomic mass is 10.0. The van der Waals surface area contributed by atoms with Crippen LogP contribution >= 0.6 is 0 Å². The second-order valence-corrected chi connectivity index (χ2v) is 5.67. The average molecular weight is 295 g/mol. The minimum atomic E-state index is -0.373. The molecule has 2 aromatic rings. The number of ether oxygens (including phenoxy) is 1. The van der Waals surface area contributed by atoms with Crippen LogP contribution in [0.1, 0.15) is 28.9 Å². The predicted octanol–water partition coefficient (Wildman–Crippen LogP) is 3.33. The van der Waals surface area contributed by atoms with Crippen LogP contribution in [0.4, 0.5) is 0 Å².